The molecule has 4 nitrogen and oxygen atoms in total. The lowest BCUT2D eigenvalue weighted by atomic mass is 9.89. The molecule has 4 N–H and O–H groups in total. The number of aromatic nitrogens is 1. The van der Waals surface area contributed by atoms with Crippen molar-refractivity contribution in [2.45, 2.75) is 25.7 Å². The third-order valence-electron chi connectivity index (χ3n) is 3.68. The molecule has 17 heavy (non-hydrogen) atoms. The Morgan fingerprint density at radius 2 is 2.29 bits per heavy atom. The van der Waals surface area contributed by atoms with E-state index >= 15 is 0 Å². The lowest BCUT2D eigenvalue weighted by Crippen LogP contribution is -2.26. The molecule has 1 heterocycles. The van der Waals surface area contributed by atoms with Crippen molar-refractivity contribution in [3.05, 3.63) is 24.0 Å². The minimum atomic E-state index is 0.125. The first kappa shape index (κ1) is 12.0. The third-order valence-corrected chi connectivity index (χ3v) is 3.68. The lowest BCUT2D eigenvalue weighted by Gasteiger charge is -2.16. The van der Waals surface area contributed by atoms with Crippen LogP contribution in [0.5, 0.6) is 0 Å². The van der Waals surface area contributed by atoms with E-state index in [0.29, 0.717) is 24.6 Å². The Labute approximate surface area is 101 Å². The van der Waals surface area contributed by atoms with Gasteiger partial charge in [0.2, 0.25) is 0 Å². The summed E-state index contributed by atoms with van der Waals surface area (Å²) in [4.78, 5) is 16.2. The van der Waals surface area contributed by atoms with Crippen molar-refractivity contribution in [3.8, 4) is 0 Å². The summed E-state index contributed by atoms with van der Waals surface area (Å²) >= 11 is 0. The molecular weight excluding hydrogens is 214 g/mol. The van der Waals surface area contributed by atoms with E-state index in [1.54, 1.807) is 18.5 Å². The van der Waals surface area contributed by atoms with Gasteiger partial charge in [-0.05, 0) is 31.4 Å². The molecule has 4 heteroatoms. The zero-order valence-corrected chi connectivity index (χ0v) is 9.93. The Bertz CT molecular complexity index is 405. The standard InChI is InChI=1S/C13H19N3O/c14-7-9-2-1-3-11(9)13(17)6-10-8-16-5-4-12(10)15/h4-5,8-9,11H,1-3,6-7,14H2,(H2,15,16). The van der Waals surface area contributed by atoms with Crippen LogP contribution in [0.4, 0.5) is 5.69 Å². The van der Waals surface area contributed by atoms with Gasteiger partial charge in [-0.1, -0.05) is 6.42 Å². The molecule has 2 atom stereocenters. The number of Topliss-reactive ketones (excluding diaryl/α,β-unsaturated/α-hetero) is 1. The summed E-state index contributed by atoms with van der Waals surface area (Å²) in [5.74, 6) is 0.748. The summed E-state index contributed by atoms with van der Waals surface area (Å²) in [7, 11) is 0. The number of hydrogen-bond donors (Lipinski definition) is 2. The molecule has 2 unspecified atom stereocenters. The smallest absolute Gasteiger partial charge is 0.140 e. The first-order valence-corrected chi connectivity index (χ1v) is 6.13. The van der Waals surface area contributed by atoms with Crippen LogP contribution in [-0.2, 0) is 11.2 Å². The molecule has 0 aliphatic heterocycles. The number of pyridine rings is 1. The zero-order valence-electron chi connectivity index (χ0n) is 9.93. The molecule has 92 valence electrons. The van der Waals surface area contributed by atoms with Crippen molar-refractivity contribution in [1.82, 2.24) is 4.98 Å². The predicted molar refractivity (Wildman–Crippen MR) is 67.2 cm³/mol. The van der Waals surface area contributed by atoms with Crippen molar-refractivity contribution in [2.24, 2.45) is 17.6 Å². The number of anilines is 1. The molecule has 1 saturated carbocycles. The molecule has 1 aliphatic carbocycles. The summed E-state index contributed by atoms with van der Waals surface area (Å²) < 4.78 is 0. The van der Waals surface area contributed by atoms with Crippen LogP contribution in [0.3, 0.4) is 0 Å². The number of nitrogen functional groups attached to an aromatic ring is 1. The van der Waals surface area contributed by atoms with Gasteiger partial charge in [-0.3, -0.25) is 9.78 Å². The van der Waals surface area contributed by atoms with Gasteiger partial charge in [0.1, 0.15) is 5.78 Å². The SMILES string of the molecule is NCC1CCCC1C(=O)Cc1cnccc1N. The van der Waals surface area contributed by atoms with Gasteiger partial charge in [-0.2, -0.15) is 0 Å². The maximum absolute atomic E-state index is 12.2. The van der Waals surface area contributed by atoms with Gasteiger partial charge in [-0.25, -0.2) is 0 Å². The van der Waals surface area contributed by atoms with E-state index in [0.717, 1.165) is 24.8 Å². The van der Waals surface area contributed by atoms with Crippen LogP contribution >= 0.6 is 0 Å². The first-order chi connectivity index (χ1) is 8.22. The summed E-state index contributed by atoms with van der Waals surface area (Å²) in [6.07, 6.45) is 6.87. The molecule has 0 bridgehead atoms. The molecule has 1 aliphatic rings. The molecule has 2 rings (SSSR count). The molecule has 0 saturated heterocycles. The van der Waals surface area contributed by atoms with Crippen LogP contribution in [0.15, 0.2) is 18.5 Å². The normalized spacial score (nSPS) is 23.8. The molecule has 1 aromatic rings. The highest BCUT2D eigenvalue weighted by Gasteiger charge is 2.31. The van der Waals surface area contributed by atoms with E-state index in [-0.39, 0.29) is 11.7 Å². The Kier molecular flexibility index (Phi) is 3.74. The molecule has 0 aromatic carbocycles. The number of ketones is 1. The van der Waals surface area contributed by atoms with E-state index in [1.165, 1.54) is 0 Å². The lowest BCUT2D eigenvalue weighted by molar-refractivity contribution is -0.123. The van der Waals surface area contributed by atoms with Crippen molar-refractivity contribution in [3.63, 3.8) is 0 Å². The largest absolute Gasteiger partial charge is 0.398 e. The fraction of sp³-hybridized carbons (Fsp3) is 0.538. The van der Waals surface area contributed by atoms with Gasteiger partial charge in [0.25, 0.3) is 0 Å². The Morgan fingerprint density at radius 3 is 3.00 bits per heavy atom. The van der Waals surface area contributed by atoms with Crippen LogP contribution in [-0.4, -0.2) is 17.3 Å². The van der Waals surface area contributed by atoms with Gasteiger partial charge < -0.3 is 11.5 Å². The number of rotatable bonds is 4. The molecule has 0 spiro atoms. The maximum atomic E-state index is 12.2. The Morgan fingerprint density at radius 1 is 1.47 bits per heavy atom. The minimum Gasteiger partial charge on any atom is -0.398 e. The second-order valence-corrected chi connectivity index (χ2v) is 4.75. The number of carbonyl (C=O) groups is 1. The van der Waals surface area contributed by atoms with Crippen molar-refractivity contribution >= 4 is 11.5 Å². The van der Waals surface area contributed by atoms with Crippen LogP contribution in [0.1, 0.15) is 24.8 Å². The molecule has 0 amide bonds. The fourth-order valence-corrected chi connectivity index (χ4v) is 2.65. The highest BCUT2D eigenvalue weighted by molar-refractivity contribution is 5.84. The Balaban J connectivity index is 2.04. The quantitative estimate of drug-likeness (QED) is 0.817. The van der Waals surface area contributed by atoms with Gasteiger partial charge >= 0.3 is 0 Å². The summed E-state index contributed by atoms with van der Waals surface area (Å²) in [6, 6.07) is 1.73. The minimum absolute atomic E-state index is 0.125. The first-order valence-electron chi connectivity index (χ1n) is 6.13. The van der Waals surface area contributed by atoms with Crippen LogP contribution < -0.4 is 11.5 Å². The maximum Gasteiger partial charge on any atom is 0.140 e. The van der Waals surface area contributed by atoms with Crippen LogP contribution in [0.25, 0.3) is 0 Å². The molecule has 1 aromatic heterocycles. The predicted octanol–water partition coefficient (Wildman–Crippen LogP) is 1.15. The van der Waals surface area contributed by atoms with Gasteiger partial charge in [0, 0.05) is 36.0 Å². The Hall–Kier alpha value is -1.42. The fourth-order valence-electron chi connectivity index (χ4n) is 2.65. The summed E-state index contributed by atoms with van der Waals surface area (Å²) in [5.41, 5.74) is 13.0. The van der Waals surface area contributed by atoms with E-state index in [2.05, 4.69) is 4.98 Å². The second kappa shape index (κ2) is 5.27. The monoisotopic (exact) mass is 233 g/mol. The number of carbonyl (C=O) groups excluding carboxylic acids is 1. The third kappa shape index (κ3) is 2.64. The average molecular weight is 233 g/mol. The molecular formula is C13H19N3O. The summed E-state index contributed by atoms with van der Waals surface area (Å²) in [5, 5.41) is 0. The van der Waals surface area contributed by atoms with E-state index in [9.17, 15) is 4.79 Å². The van der Waals surface area contributed by atoms with Crippen molar-refractivity contribution < 1.29 is 4.79 Å². The van der Waals surface area contributed by atoms with Crippen molar-refractivity contribution in [1.29, 1.82) is 0 Å². The van der Waals surface area contributed by atoms with Gasteiger partial charge in [-0.15, -0.1) is 0 Å². The highest BCUT2D eigenvalue weighted by Crippen LogP contribution is 2.32. The van der Waals surface area contributed by atoms with E-state index in [4.69, 9.17) is 11.5 Å². The second-order valence-electron chi connectivity index (χ2n) is 4.75. The molecule has 1 fully saturated rings. The van der Waals surface area contributed by atoms with Crippen LogP contribution in [0, 0.1) is 11.8 Å². The average Bonchev–Trinajstić information content (AvgIpc) is 2.80. The number of nitrogens with zero attached hydrogens (tertiary/aromatic N) is 1. The summed E-state index contributed by atoms with van der Waals surface area (Å²) in [6.45, 7) is 0.610. The van der Waals surface area contributed by atoms with Crippen molar-refractivity contribution in [2.75, 3.05) is 12.3 Å². The molecule has 0 radical (unpaired) electrons. The van der Waals surface area contributed by atoms with Gasteiger partial charge in [0.05, 0.1) is 0 Å². The topological polar surface area (TPSA) is 82.0 Å². The van der Waals surface area contributed by atoms with E-state index in [1.807, 2.05) is 0 Å². The highest BCUT2D eigenvalue weighted by atomic mass is 16.1. The van der Waals surface area contributed by atoms with E-state index < -0.39 is 0 Å². The van der Waals surface area contributed by atoms with Gasteiger partial charge in [0.15, 0.2) is 0 Å². The number of hydrogen-bond acceptors (Lipinski definition) is 4. The van der Waals surface area contributed by atoms with Crippen LogP contribution in [0.2, 0.25) is 0 Å². The number of nitrogens with two attached hydrogens (primary N) is 2. The zero-order chi connectivity index (χ0) is 12.3.